The van der Waals surface area contributed by atoms with E-state index in [4.69, 9.17) is 16.3 Å². The van der Waals surface area contributed by atoms with Crippen LogP contribution in [0.1, 0.15) is 28.2 Å². The Labute approximate surface area is 154 Å². The quantitative estimate of drug-likeness (QED) is 0.647. The number of methoxy groups -OCH3 is 1. The molecular weight excluding hydrogens is 352 g/mol. The highest BCUT2D eigenvalue weighted by Gasteiger charge is 2.21. The maximum absolute atomic E-state index is 12.7. The minimum atomic E-state index is -0.397. The van der Waals surface area contributed by atoms with Crippen molar-refractivity contribution in [2.24, 2.45) is 0 Å². The topological polar surface area (TPSA) is 61.2 Å². The van der Waals surface area contributed by atoms with Gasteiger partial charge in [-0.1, -0.05) is 29.8 Å². The Morgan fingerprint density at radius 3 is 2.88 bits per heavy atom. The summed E-state index contributed by atoms with van der Waals surface area (Å²) < 4.78 is 6.52. The van der Waals surface area contributed by atoms with Crippen LogP contribution in [0.3, 0.4) is 0 Å². The van der Waals surface area contributed by atoms with Gasteiger partial charge in [0, 0.05) is 11.6 Å². The fourth-order valence-electron chi connectivity index (χ4n) is 3.23. The molecule has 0 saturated heterocycles. The lowest BCUT2D eigenvalue weighted by Gasteiger charge is -2.07. The van der Waals surface area contributed by atoms with Crippen molar-refractivity contribution in [2.75, 3.05) is 7.11 Å². The molecule has 0 N–H and O–H groups in total. The van der Waals surface area contributed by atoms with Crippen LogP contribution in [0.25, 0.3) is 22.6 Å². The summed E-state index contributed by atoms with van der Waals surface area (Å²) in [6.07, 6.45) is 2.57. The summed E-state index contributed by atoms with van der Waals surface area (Å²) in [6.45, 7) is 0.561. The van der Waals surface area contributed by atoms with Crippen molar-refractivity contribution in [1.29, 1.82) is 0 Å². The summed E-state index contributed by atoms with van der Waals surface area (Å²) in [5.41, 5.74) is 2.62. The predicted octanol–water partition coefficient (Wildman–Crippen LogP) is 3.78. The number of nitrogens with zero attached hydrogens (tertiary/aromatic N) is 2. The lowest BCUT2D eigenvalue weighted by Crippen LogP contribution is -2.20. The van der Waals surface area contributed by atoms with E-state index < -0.39 is 5.97 Å². The minimum Gasteiger partial charge on any atom is -0.465 e. The Bertz CT molecular complexity index is 1130. The Morgan fingerprint density at radius 1 is 1.27 bits per heavy atom. The molecule has 0 unspecified atom stereocenters. The molecule has 0 amide bonds. The largest absolute Gasteiger partial charge is 0.465 e. The van der Waals surface area contributed by atoms with Gasteiger partial charge in [0.25, 0.3) is 5.56 Å². The summed E-state index contributed by atoms with van der Waals surface area (Å²) in [5, 5.41) is 1.09. The maximum atomic E-state index is 12.7. The number of hydrogen-bond donors (Lipinski definition) is 0. The third-order valence-electron chi connectivity index (χ3n) is 4.51. The van der Waals surface area contributed by atoms with Gasteiger partial charge < -0.3 is 4.74 Å². The van der Waals surface area contributed by atoms with Crippen LogP contribution >= 0.6 is 11.6 Å². The molecule has 1 aliphatic heterocycles. The zero-order valence-corrected chi connectivity index (χ0v) is 14.8. The van der Waals surface area contributed by atoms with Crippen molar-refractivity contribution in [3.63, 3.8) is 0 Å². The third kappa shape index (κ3) is 2.70. The molecule has 1 aliphatic rings. The first-order chi connectivity index (χ1) is 12.6. The van der Waals surface area contributed by atoms with E-state index in [1.807, 2.05) is 18.2 Å². The van der Waals surface area contributed by atoms with Crippen LogP contribution in [-0.2, 0) is 11.3 Å². The van der Waals surface area contributed by atoms with Gasteiger partial charge in [-0.05, 0) is 47.9 Å². The molecule has 3 aromatic rings. The number of halogens is 1. The van der Waals surface area contributed by atoms with E-state index in [-0.39, 0.29) is 5.56 Å². The van der Waals surface area contributed by atoms with Gasteiger partial charge in [-0.2, -0.15) is 0 Å². The normalized spacial score (nSPS) is 14.6. The molecule has 1 aromatic heterocycles. The monoisotopic (exact) mass is 366 g/mol. The molecule has 5 nitrogen and oxygen atoms in total. The number of ether oxygens (including phenoxy) is 1. The van der Waals surface area contributed by atoms with Crippen LogP contribution in [0.5, 0.6) is 0 Å². The van der Waals surface area contributed by atoms with E-state index in [0.29, 0.717) is 40.3 Å². The lowest BCUT2D eigenvalue weighted by molar-refractivity contribution is 0.0600. The highest BCUT2D eigenvalue weighted by Crippen LogP contribution is 2.29. The highest BCUT2D eigenvalue weighted by molar-refractivity contribution is 6.31. The van der Waals surface area contributed by atoms with Crippen LogP contribution in [-0.4, -0.2) is 22.6 Å². The molecule has 2 heterocycles. The first kappa shape index (κ1) is 16.5. The zero-order chi connectivity index (χ0) is 18.3. The molecule has 6 heteroatoms. The van der Waals surface area contributed by atoms with Crippen LogP contribution in [0.15, 0.2) is 47.3 Å². The van der Waals surface area contributed by atoms with Gasteiger partial charge >= 0.3 is 5.97 Å². The molecule has 0 bridgehead atoms. The van der Waals surface area contributed by atoms with E-state index in [9.17, 15) is 9.59 Å². The predicted molar refractivity (Wildman–Crippen MR) is 101 cm³/mol. The first-order valence-electron chi connectivity index (χ1n) is 8.17. The van der Waals surface area contributed by atoms with Crippen molar-refractivity contribution < 1.29 is 9.53 Å². The molecule has 0 spiro atoms. The smallest absolute Gasteiger partial charge is 0.338 e. The number of allylic oxidation sites excluding steroid dienone is 1. The molecule has 0 saturated carbocycles. The highest BCUT2D eigenvalue weighted by atomic mass is 35.5. The molecule has 2 aromatic carbocycles. The summed E-state index contributed by atoms with van der Waals surface area (Å²) in [5.74, 6) is 0.218. The number of benzene rings is 2. The van der Waals surface area contributed by atoms with Gasteiger partial charge in [-0.3, -0.25) is 9.36 Å². The molecule has 0 atom stereocenters. The number of carbonyl (C=O) groups excluding carboxylic acids is 1. The fourth-order valence-corrected chi connectivity index (χ4v) is 3.40. The number of rotatable bonds is 2. The van der Waals surface area contributed by atoms with E-state index in [0.717, 1.165) is 11.1 Å². The molecule has 4 rings (SSSR count). The van der Waals surface area contributed by atoms with E-state index in [1.165, 1.54) is 7.11 Å². The first-order valence-corrected chi connectivity index (χ1v) is 8.54. The molecule has 0 fully saturated rings. The number of fused-ring (bicyclic) bond motifs is 2. The van der Waals surface area contributed by atoms with Crippen molar-refractivity contribution in [3.05, 3.63) is 74.8 Å². The van der Waals surface area contributed by atoms with Gasteiger partial charge in [-0.15, -0.1) is 0 Å². The Morgan fingerprint density at radius 2 is 2.08 bits per heavy atom. The fraction of sp³-hybridized carbons (Fsp3) is 0.150. The average molecular weight is 367 g/mol. The Kier molecular flexibility index (Phi) is 4.09. The number of carbonyl (C=O) groups is 1. The number of esters is 1. The zero-order valence-electron chi connectivity index (χ0n) is 14.0. The molecular formula is C20H15ClN2O3. The van der Waals surface area contributed by atoms with E-state index in [2.05, 4.69) is 4.98 Å². The summed E-state index contributed by atoms with van der Waals surface area (Å²) in [7, 11) is 1.36. The van der Waals surface area contributed by atoms with Gasteiger partial charge in [0.1, 0.15) is 5.82 Å². The Balaban J connectivity index is 1.89. The van der Waals surface area contributed by atoms with Gasteiger partial charge in [0.05, 0.1) is 23.6 Å². The second-order valence-electron chi connectivity index (χ2n) is 6.05. The summed E-state index contributed by atoms with van der Waals surface area (Å²) in [4.78, 5) is 29.4. The molecule has 0 aliphatic carbocycles. The van der Waals surface area contributed by atoms with Gasteiger partial charge in [0.2, 0.25) is 0 Å². The van der Waals surface area contributed by atoms with Crippen molar-refractivity contribution in [3.8, 4) is 0 Å². The second-order valence-corrected chi connectivity index (χ2v) is 6.49. The van der Waals surface area contributed by atoms with E-state index in [1.54, 1.807) is 34.9 Å². The maximum Gasteiger partial charge on any atom is 0.338 e. The van der Waals surface area contributed by atoms with Gasteiger partial charge in [0.15, 0.2) is 0 Å². The van der Waals surface area contributed by atoms with Crippen LogP contribution in [0, 0.1) is 0 Å². The molecule has 130 valence electrons. The minimum absolute atomic E-state index is 0.0775. The SMILES string of the molecule is COC(=O)c1ccccc1/C=C1\CCn2c1nc1cc(Cl)ccc1c2=O. The van der Waals surface area contributed by atoms with Crippen LogP contribution in [0.2, 0.25) is 5.02 Å². The van der Waals surface area contributed by atoms with Gasteiger partial charge in [-0.25, -0.2) is 9.78 Å². The standard InChI is InChI=1S/C20H15ClN2O3/c1-26-20(25)15-5-3-2-4-12(15)10-13-8-9-23-18(13)22-17-11-14(21)6-7-16(17)19(23)24/h2-7,10-11H,8-9H2,1H3/b13-10+. The van der Waals surface area contributed by atoms with Crippen molar-refractivity contribution in [2.45, 2.75) is 13.0 Å². The lowest BCUT2D eigenvalue weighted by atomic mass is 10.0. The number of hydrogen-bond acceptors (Lipinski definition) is 4. The summed E-state index contributed by atoms with van der Waals surface area (Å²) in [6, 6.07) is 12.3. The Hall–Kier alpha value is -2.92. The molecule has 0 radical (unpaired) electrons. The summed E-state index contributed by atoms with van der Waals surface area (Å²) >= 11 is 6.04. The third-order valence-corrected chi connectivity index (χ3v) is 4.74. The van der Waals surface area contributed by atoms with Crippen LogP contribution in [0.4, 0.5) is 0 Å². The van der Waals surface area contributed by atoms with E-state index >= 15 is 0 Å². The second kappa shape index (κ2) is 6.42. The number of aromatic nitrogens is 2. The molecule has 26 heavy (non-hydrogen) atoms. The van der Waals surface area contributed by atoms with Crippen molar-refractivity contribution in [1.82, 2.24) is 9.55 Å². The van der Waals surface area contributed by atoms with Crippen molar-refractivity contribution >= 4 is 40.1 Å². The average Bonchev–Trinajstić information content (AvgIpc) is 3.04. The van der Waals surface area contributed by atoms with Crippen LogP contribution < -0.4 is 5.56 Å².